The summed E-state index contributed by atoms with van der Waals surface area (Å²) in [5, 5.41) is 4.35. The van der Waals surface area contributed by atoms with Crippen LogP contribution in [0.5, 0.6) is 11.5 Å². The van der Waals surface area contributed by atoms with E-state index < -0.39 is 0 Å². The molecule has 0 fully saturated rings. The van der Waals surface area contributed by atoms with Crippen molar-refractivity contribution in [2.24, 2.45) is 7.05 Å². The molecule has 0 spiro atoms. The second kappa shape index (κ2) is 7.50. The van der Waals surface area contributed by atoms with Crippen LogP contribution in [0.15, 0.2) is 24.3 Å². The lowest BCUT2D eigenvalue weighted by molar-refractivity contribution is -0.134. The minimum absolute atomic E-state index is 0.128. The van der Waals surface area contributed by atoms with Gasteiger partial charge < -0.3 is 9.47 Å². The molecule has 0 aliphatic rings. The fourth-order valence-corrected chi connectivity index (χ4v) is 2.35. The summed E-state index contributed by atoms with van der Waals surface area (Å²) < 4.78 is 12.6. The third-order valence-electron chi connectivity index (χ3n) is 3.62. The van der Waals surface area contributed by atoms with Crippen LogP contribution in [-0.2, 0) is 18.3 Å². The molecule has 0 unspecified atom stereocenters. The van der Waals surface area contributed by atoms with E-state index in [1.165, 1.54) is 0 Å². The molecule has 0 atom stereocenters. The Kier molecular flexibility index (Phi) is 5.42. The Bertz CT molecular complexity index is 741. The van der Waals surface area contributed by atoms with E-state index in [2.05, 4.69) is 11.0 Å². The van der Waals surface area contributed by atoms with Crippen LogP contribution in [0.4, 0.5) is 0 Å². The predicted molar refractivity (Wildman–Crippen MR) is 87.4 cm³/mol. The molecule has 2 rings (SSSR count). The summed E-state index contributed by atoms with van der Waals surface area (Å²) in [7, 11) is 1.89. The fraction of sp³-hybridized carbons (Fsp3) is 0.333. The van der Waals surface area contributed by atoms with E-state index in [1.807, 2.05) is 25.6 Å². The average Bonchev–Trinajstić information content (AvgIpc) is 2.77. The number of terminal acetylenes is 1. The maximum atomic E-state index is 12.1. The highest BCUT2D eigenvalue weighted by Crippen LogP contribution is 2.27. The third kappa shape index (κ3) is 4.13. The van der Waals surface area contributed by atoms with E-state index in [-0.39, 0.29) is 19.0 Å². The summed E-state index contributed by atoms with van der Waals surface area (Å²) >= 11 is 0. The first kappa shape index (κ1) is 16.6. The van der Waals surface area contributed by atoms with Crippen LogP contribution in [0.3, 0.4) is 0 Å². The summed E-state index contributed by atoms with van der Waals surface area (Å²) in [6, 6.07) is 6.98. The van der Waals surface area contributed by atoms with Gasteiger partial charge in [0.25, 0.3) is 0 Å². The number of nitrogens with zero attached hydrogens (tertiary/aromatic N) is 2. The van der Waals surface area contributed by atoms with Gasteiger partial charge in [-0.3, -0.25) is 9.48 Å². The van der Waals surface area contributed by atoms with Gasteiger partial charge in [-0.05, 0) is 38.0 Å². The Morgan fingerprint density at radius 3 is 2.61 bits per heavy atom. The van der Waals surface area contributed by atoms with Crippen LogP contribution in [-0.4, -0.2) is 22.4 Å². The topological polar surface area (TPSA) is 53.4 Å². The second-order valence-electron chi connectivity index (χ2n) is 5.19. The largest absolute Gasteiger partial charge is 0.477 e. The number of hydrogen-bond donors (Lipinski definition) is 0. The first-order chi connectivity index (χ1) is 11.0. The lowest BCUT2D eigenvalue weighted by Gasteiger charge is -2.10. The molecular weight excluding hydrogens is 292 g/mol. The summed E-state index contributed by atoms with van der Waals surface area (Å²) in [5.74, 6) is 2.92. The summed E-state index contributed by atoms with van der Waals surface area (Å²) in [6.45, 7) is 4.06. The van der Waals surface area contributed by atoms with Crippen molar-refractivity contribution in [1.82, 2.24) is 9.78 Å². The highest BCUT2D eigenvalue weighted by molar-refractivity contribution is 5.73. The zero-order valence-corrected chi connectivity index (χ0v) is 13.6. The number of carbonyl (C=O) groups excluding carboxylic acids is 1. The lowest BCUT2D eigenvalue weighted by Crippen LogP contribution is -2.10. The van der Waals surface area contributed by atoms with E-state index in [0.717, 1.165) is 17.0 Å². The summed E-state index contributed by atoms with van der Waals surface area (Å²) in [4.78, 5) is 12.1. The Morgan fingerprint density at radius 1 is 1.30 bits per heavy atom. The molecule has 5 nitrogen and oxygen atoms in total. The zero-order valence-electron chi connectivity index (χ0n) is 13.6. The first-order valence-electron chi connectivity index (χ1n) is 7.38. The van der Waals surface area contributed by atoms with Crippen molar-refractivity contribution in [3.63, 3.8) is 0 Å². The maximum absolute atomic E-state index is 12.1. The molecule has 1 aromatic heterocycles. The molecule has 23 heavy (non-hydrogen) atoms. The van der Waals surface area contributed by atoms with Crippen LogP contribution >= 0.6 is 0 Å². The highest BCUT2D eigenvalue weighted by atomic mass is 16.6. The van der Waals surface area contributed by atoms with Gasteiger partial charge in [-0.1, -0.05) is 18.1 Å². The van der Waals surface area contributed by atoms with E-state index in [1.54, 1.807) is 24.3 Å². The number of benzene rings is 1. The molecule has 0 saturated carbocycles. The highest BCUT2D eigenvalue weighted by Gasteiger charge is 2.14. The van der Waals surface area contributed by atoms with Gasteiger partial charge in [0.1, 0.15) is 6.61 Å². The Labute approximate surface area is 136 Å². The van der Waals surface area contributed by atoms with Gasteiger partial charge in [0, 0.05) is 12.7 Å². The number of aromatic nitrogens is 2. The molecule has 120 valence electrons. The SMILES string of the molecule is C#CCOc1ccccc1OC(=O)CCc1c(C)nn(C)c1C. The normalized spacial score (nSPS) is 10.2. The van der Waals surface area contributed by atoms with E-state index in [9.17, 15) is 4.79 Å². The maximum Gasteiger partial charge on any atom is 0.311 e. The number of hydrogen-bond acceptors (Lipinski definition) is 4. The van der Waals surface area contributed by atoms with E-state index in [4.69, 9.17) is 15.9 Å². The monoisotopic (exact) mass is 312 g/mol. The van der Waals surface area contributed by atoms with Crippen molar-refractivity contribution in [3.8, 4) is 23.8 Å². The van der Waals surface area contributed by atoms with Crippen LogP contribution in [0.1, 0.15) is 23.4 Å². The number of rotatable bonds is 6. The van der Waals surface area contributed by atoms with Gasteiger partial charge >= 0.3 is 5.97 Å². The van der Waals surface area contributed by atoms with Crippen molar-refractivity contribution in [2.75, 3.05) is 6.61 Å². The van der Waals surface area contributed by atoms with Crippen LogP contribution in [0.25, 0.3) is 0 Å². The van der Waals surface area contributed by atoms with Crippen molar-refractivity contribution < 1.29 is 14.3 Å². The fourth-order valence-electron chi connectivity index (χ4n) is 2.35. The molecule has 5 heteroatoms. The summed E-state index contributed by atoms with van der Waals surface area (Å²) in [5.41, 5.74) is 3.09. The Hall–Kier alpha value is -2.74. The quantitative estimate of drug-likeness (QED) is 0.467. The van der Waals surface area contributed by atoms with Crippen LogP contribution in [0, 0.1) is 26.2 Å². The standard InChI is InChI=1S/C18H20N2O3/c1-5-12-22-16-8-6-7-9-17(16)23-18(21)11-10-15-13(2)19-20(4)14(15)3/h1,6-9H,10-12H2,2-4H3. The van der Waals surface area contributed by atoms with Crippen LogP contribution < -0.4 is 9.47 Å². The minimum atomic E-state index is -0.315. The summed E-state index contributed by atoms with van der Waals surface area (Å²) in [6.07, 6.45) is 6.05. The number of para-hydroxylation sites is 2. The number of esters is 1. The second-order valence-corrected chi connectivity index (χ2v) is 5.19. The molecule has 0 amide bonds. The number of ether oxygens (including phenoxy) is 2. The third-order valence-corrected chi connectivity index (χ3v) is 3.62. The molecule has 0 bridgehead atoms. The minimum Gasteiger partial charge on any atom is -0.477 e. The molecule has 0 aliphatic heterocycles. The van der Waals surface area contributed by atoms with Gasteiger partial charge in [0.15, 0.2) is 11.5 Å². The molecule has 1 heterocycles. The molecule has 0 radical (unpaired) electrons. The van der Waals surface area contributed by atoms with Crippen molar-refractivity contribution in [2.45, 2.75) is 26.7 Å². The van der Waals surface area contributed by atoms with Gasteiger partial charge in [-0.25, -0.2) is 0 Å². The van der Waals surface area contributed by atoms with Gasteiger partial charge in [0.2, 0.25) is 0 Å². The van der Waals surface area contributed by atoms with E-state index in [0.29, 0.717) is 17.9 Å². The molecule has 0 N–H and O–H groups in total. The van der Waals surface area contributed by atoms with Gasteiger partial charge in [-0.2, -0.15) is 5.10 Å². The van der Waals surface area contributed by atoms with E-state index >= 15 is 0 Å². The van der Waals surface area contributed by atoms with Crippen molar-refractivity contribution >= 4 is 5.97 Å². The molecule has 0 aliphatic carbocycles. The average molecular weight is 312 g/mol. The molecule has 1 aromatic carbocycles. The van der Waals surface area contributed by atoms with Crippen molar-refractivity contribution in [3.05, 3.63) is 41.2 Å². The predicted octanol–water partition coefficient (Wildman–Crippen LogP) is 2.59. The van der Waals surface area contributed by atoms with Crippen molar-refractivity contribution in [1.29, 1.82) is 0 Å². The smallest absolute Gasteiger partial charge is 0.311 e. The van der Waals surface area contributed by atoms with Gasteiger partial charge in [0.05, 0.1) is 12.1 Å². The van der Waals surface area contributed by atoms with Crippen LogP contribution in [0.2, 0.25) is 0 Å². The Balaban J connectivity index is 1.99. The number of aryl methyl sites for hydroxylation is 2. The zero-order chi connectivity index (χ0) is 16.8. The Morgan fingerprint density at radius 2 is 2.00 bits per heavy atom. The molecule has 0 saturated heterocycles. The van der Waals surface area contributed by atoms with Gasteiger partial charge in [-0.15, -0.1) is 6.42 Å². The molecule has 2 aromatic rings. The lowest BCUT2D eigenvalue weighted by atomic mass is 10.1. The first-order valence-corrected chi connectivity index (χ1v) is 7.38. The molecular formula is C18H20N2O3. The number of carbonyl (C=O) groups is 1.